The molecule has 1 fully saturated rings. The minimum absolute atomic E-state index is 0.0234. The molecule has 1 aliphatic rings. The minimum Gasteiger partial charge on any atom is -0.465 e. The van der Waals surface area contributed by atoms with Gasteiger partial charge in [0.25, 0.3) is 0 Å². The van der Waals surface area contributed by atoms with E-state index in [1.165, 1.54) is 13.2 Å². The van der Waals surface area contributed by atoms with Crippen LogP contribution < -0.4 is 4.90 Å². The van der Waals surface area contributed by atoms with Crippen molar-refractivity contribution in [2.45, 2.75) is 6.42 Å². The van der Waals surface area contributed by atoms with Crippen LogP contribution in [-0.2, 0) is 9.53 Å². The van der Waals surface area contributed by atoms with Gasteiger partial charge in [0, 0.05) is 24.4 Å². The zero-order valence-electron chi connectivity index (χ0n) is 11.3. The molecule has 1 aromatic rings. The summed E-state index contributed by atoms with van der Waals surface area (Å²) in [7, 11) is 1.29. The van der Waals surface area contributed by atoms with Crippen molar-refractivity contribution < 1.29 is 14.3 Å². The lowest BCUT2D eigenvalue weighted by Gasteiger charge is -2.18. The second-order valence-electron chi connectivity index (χ2n) is 4.65. The lowest BCUT2D eigenvalue weighted by molar-refractivity contribution is -0.117. The number of anilines is 1. The number of hydrogen-bond acceptors (Lipinski definition) is 4. The van der Waals surface area contributed by atoms with Gasteiger partial charge < -0.3 is 9.64 Å². The highest BCUT2D eigenvalue weighted by molar-refractivity contribution is 6.34. The number of esters is 1. The Morgan fingerprint density at radius 1 is 1.62 bits per heavy atom. The summed E-state index contributed by atoms with van der Waals surface area (Å²) in [5.41, 5.74) is 9.18. The van der Waals surface area contributed by atoms with E-state index in [4.69, 9.17) is 17.1 Å². The zero-order chi connectivity index (χ0) is 15.4. The predicted octanol–water partition coefficient (Wildman–Crippen LogP) is 2.79. The first-order valence-corrected chi connectivity index (χ1v) is 6.63. The van der Waals surface area contributed by atoms with Gasteiger partial charge in [-0.25, -0.2) is 4.79 Å². The molecule has 1 saturated heterocycles. The molecule has 21 heavy (non-hydrogen) atoms. The van der Waals surface area contributed by atoms with Gasteiger partial charge in [-0.1, -0.05) is 16.7 Å². The summed E-state index contributed by atoms with van der Waals surface area (Å²) in [5, 5.41) is 3.80. The van der Waals surface area contributed by atoms with Crippen molar-refractivity contribution >= 4 is 29.2 Å². The van der Waals surface area contributed by atoms with Crippen LogP contribution >= 0.6 is 11.6 Å². The SMILES string of the molecule is COC(=O)c1ccc(N2CC(CN=[N+]=[N-])CC2=O)c(Cl)c1. The Balaban J connectivity index is 2.20. The van der Waals surface area contributed by atoms with Crippen LogP contribution in [0.2, 0.25) is 5.02 Å². The molecule has 0 aliphatic carbocycles. The van der Waals surface area contributed by atoms with E-state index in [1.807, 2.05) is 0 Å². The van der Waals surface area contributed by atoms with Crippen molar-refractivity contribution in [1.29, 1.82) is 0 Å². The number of amides is 1. The number of halogens is 1. The summed E-state index contributed by atoms with van der Waals surface area (Å²) >= 11 is 6.14. The number of rotatable bonds is 4. The fourth-order valence-corrected chi connectivity index (χ4v) is 2.54. The Kier molecular flexibility index (Phi) is 4.67. The topological polar surface area (TPSA) is 95.4 Å². The van der Waals surface area contributed by atoms with Crippen LogP contribution in [0, 0.1) is 5.92 Å². The Labute approximate surface area is 126 Å². The molecule has 1 aliphatic heterocycles. The van der Waals surface area contributed by atoms with E-state index in [2.05, 4.69) is 14.8 Å². The second kappa shape index (κ2) is 6.47. The molecule has 7 nitrogen and oxygen atoms in total. The van der Waals surface area contributed by atoms with E-state index in [-0.39, 0.29) is 18.4 Å². The molecule has 2 rings (SSSR count). The van der Waals surface area contributed by atoms with Gasteiger partial charge in [-0.2, -0.15) is 0 Å². The number of nitrogens with zero attached hydrogens (tertiary/aromatic N) is 4. The van der Waals surface area contributed by atoms with Crippen molar-refractivity contribution in [3.63, 3.8) is 0 Å². The number of azide groups is 1. The van der Waals surface area contributed by atoms with Crippen molar-refractivity contribution in [2.75, 3.05) is 25.1 Å². The number of carbonyl (C=O) groups excluding carboxylic acids is 2. The summed E-state index contributed by atoms with van der Waals surface area (Å²) < 4.78 is 4.61. The van der Waals surface area contributed by atoms with Gasteiger partial charge in [0.1, 0.15) is 0 Å². The molecule has 1 heterocycles. The van der Waals surface area contributed by atoms with Crippen molar-refractivity contribution in [2.24, 2.45) is 11.0 Å². The third-order valence-electron chi connectivity index (χ3n) is 3.27. The van der Waals surface area contributed by atoms with Gasteiger partial charge in [0.05, 0.1) is 23.4 Å². The van der Waals surface area contributed by atoms with Gasteiger partial charge >= 0.3 is 5.97 Å². The number of hydrogen-bond donors (Lipinski definition) is 0. The molecule has 0 saturated carbocycles. The van der Waals surface area contributed by atoms with Crippen LogP contribution in [-0.4, -0.2) is 32.1 Å². The molecule has 1 unspecified atom stereocenters. The maximum atomic E-state index is 12.0. The average Bonchev–Trinajstić information content (AvgIpc) is 2.85. The molecule has 0 aromatic heterocycles. The van der Waals surface area contributed by atoms with Crippen LogP contribution in [0.5, 0.6) is 0 Å². The van der Waals surface area contributed by atoms with E-state index >= 15 is 0 Å². The molecular formula is C13H13ClN4O3. The highest BCUT2D eigenvalue weighted by Crippen LogP contribution is 2.32. The molecule has 110 valence electrons. The Bertz CT molecular complexity index is 628. The summed E-state index contributed by atoms with van der Waals surface area (Å²) in [6, 6.07) is 4.64. The first kappa shape index (κ1) is 15.2. The highest BCUT2D eigenvalue weighted by atomic mass is 35.5. The maximum absolute atomic E-state index is 12.0. The van der Waals surface area contributed by atoms with E-state index < -0.39 is 5.97 Å². The molecule has 0 spiro atoms. The van der Waals surface area contributed by atoms with Gasteiger partial charge in [0.15, 0.2) is 0 Å². The third kappa shape index (κ3) is 3.26. The monoisotopic (exact) mass is 308 g/mol. The minimum atomic E-state index is -0.488. The molecule has 0 radical (unpaired) electrons. The lowest BCUT2D eigenvalue weighted by Crippen LogP contribution is -2.25. The first-order chi connectivity index (χ1) is 10.1. The molecule has 0 N–H and O–H groups in total. The lowest BCUT2D eigenvalue weighted by atomic mass is 10.1. The van der Waals surface area contributed by atoms with Crippen LogP contribution in [0.3, 0.4) is 0 Å². The maximum Gasteiger partial charge on any atom is 0.337 e. The fraction of sp³-hybridized carbons (Fsp3) is 0.385. The van der Waals surface area contributed by atoms with E-state index in [9.17, 15) is 9.59 Å². The van der Waals surface area contributed by atoms with E-state index in [0.717, 1.165) is 0 Å². The quantitative estimate of drug-likeness (QED) is 0.370. The highest BCUT2D eigenvalue weighted by Gasteiger charge is 2.31. The van der Waals surface area contributed by atoms with E-state index in [1.54, 1.807) is 17.0 Å². The van der Waals surface area contributed by atoms with Crippen LogP contribution in [0.15, 0.2) is 23.3 Å². The summed E-state index contributed by atoms with van der Waals surface area (Å²) in [5.74, 6) is -0.594. The average molecular weight is 309 g/mol. The smallest absolute Gasteiger partial charge is 0.337 e. The van der Waals surface area contributed by atoms with Gasteiger partial charge in [-0.15, -0.1) is 0 Å². The van der Waals surface area contributed by atoms with E-state index in [0.29, 0.717) is 29.2 Å². The molecule has 0 bridgehead atoms. The van der Waals surface area contributed by atoms with Crippen LogP contribution in [0.1, 0.15) is 16.8 Å². The van der Waals surface area contributed by atoms with Gasteiger partial charge in [0.2, 0.25) is 5.91 Å². The second-order valence-corrected chi connectivity index (χ2v) is 5.05. The molecule has 8 heteroatoms. The normalized spacial score (nSPS) is 17.5. The summed E-state index contributed by atoms with van der Waals surface area (Å²) in [6.45, 7) is 0.714. The molecule has 1 atom stereocenters. The standard InChI is InChI=1S/C13H13ClN4O3/c1-21-13(20)9-2-3-11(10(14)5-9)18-7-8(4-12(18)19)6-16-17-15/h2-3,5,8H,4,6-7H2,1H3. The summed E-state index contributed by atoms with van der Waals surface area (Å²) in [6.07, 6.45) is 0.314. The number of methoxy groups -OCH3 is 1. The molecule has 1 aromatic carbocycles. The Morgan fingerprint density at radius 3 is 3.00 bits per heavy atom. The summed E-state index contributed by atoms with van der Waals surface area (Å²) in [4.78, 5) is 27.7. The first-order valence-electron chi connectivity index (χ1n) is 6.26. The largest absolute Gasteiger partial charge is 0.465 e. The van der Waals surface area contributed by atoms with Crippen LogP contribution in [0.25, 0.3) is 10.4 Å². The van der Waals surface area contributed by atoms with Crippen molar-refractivity contribution in [1.82, 2.24) is 0 Å². The Hall–Kier alpha value is -2.24. The van der Waals surface area contributed by atoms with Crippen LogP contribution in [0.4, 0.5) is 5.69 Å². The number of carbonyl (C=O) groups is 2. The predicted molar refractivity (Wildman–Crippen MR) is 77.3 cm³/mol. The third-order valence-corrected chi connectivity index (χ3v) is 3.57. The zero-order valence-corrected chi connectivity index (χ0v) is 12.1. The molecule has 1 amide bonds. The van der Waals surface area contributed by atoms with Crippen molar-refractivity contribution in [3.8, 4) is 0 Å². The van der Waals surface area contributed by atoms with Gasteiger partial charge in [-0.05, 0) is 29.6 Å². The number of ether oxygens (including phenoxy) is 1. The molecular weight excluding hydrogens is 296 g/mol. The van der Waals surface area contributed by atoms with Gasteiger partial charge in [-0.3, -0.25) is 4.79 Å². The Morgan fingerprint density at radius 2 is 2.38 bits per heavy atom. The van der Waals surface area contributed by atoms with Crippen molar-refractivity contribution in [3.05, 3.63) is 39.2 Å². The number of benzene rings is 1. The fourth-order valence-electron chi connectivity index (χ4n) is 2.26.